The lowest BCUT2D eigenvalue weighted by molar-refractivity contribution is 0.0951. The average Bonchev–Trinajstić information content (AvgIpc) is 2.67. The van der Waals surface area contributed by atoms with Gasteiger partial charge in [0, 0.05) is 17.8 Å². The van der Waals surface area contributed by atoms with E-state index in [4.69, 9.17) is 10.5 Å². The molecule has 2 aromatic rings. The van der Waals surface area contributed by atoms with Crippen LogP contribution in [0, 0.1) is 5.92 Å². The molecule has 5 heteroatoms. The minimum Gasteiger partial charge on any atom is -0.493 e. The van der Waals surface area contributed by atoms with Crippen LogP contribution in [-0.4, -0.2) is 12.5 Å². The molecule has 26 heavy (non-hydrogen) atoms. The van der Waals surface area contributed by atoms with E-state index >= 15 is 0 Å². The normalized spacial score (nSPS) is 14.3. The van der Waals surface area contributed by atoms with E-state index < -0.39 is 0 Å². The van der Waals surface area contributed by atoms with Crippen LogP contribution in [0.5, 0.6) is 5.75 Å². The molecule has 0 aliphatic heterocycles. The number of nitrogens with one attached hydrogen (secondary N) is 1. The van der Waals surface area contributed by atoms with Crippen molar-refractivity contribution >= 4 is 24.0 Å². The van der Waals surface area contributed by atoms with Gasteiger partial charge < -0.3 is 15.8 Å². The molecule has 0 unspecified atom stereocenters. The molecule has 0 bridgehead atoms. The van der Waals surface area contributed by atoms with Crippen LogP contribution in [0.2, 0.25) is 0 Å². The summed E-state index contributed by atoms with van der Waals surface area (Å²) in [5.74, 6) is 1.42. The minimum absolute atomic E-state index is 0. The van der Waals surface area contributed by atoms with E-state index in [2.05, 4.69) is 5.32 Å². The molecule has 0 heterocycles. The van der Waals surface area contributed by atoms with Gasteiger partial charge in [-0.3, -0.25) is 4.79 Å². The van der Waals surface area contributed by atoms with Crippen LogP contribution in [0.3, 0.4) is 0 Å². The second-order valence-electron chi connectivity index (χ2n) is 6.76. The molecular formula is C21H27ClN2O2. The van der Waals surface area contributed by atoms with Crippen molar-refractivity contribution in [3.8, 4) is 5.75 Å². The number of carbonyl (C=O) groups is 1. The minimum atomic E-state index is -0.0874. The predicted molar refractivity (Wildman–Crippen MR) is 108 cm³/mol. The molecule has 1 amide bonds. The summed E-state index contributed by atoms with van der Waals surface area (Å²) in [5, 5.41) is 2.92. The fraction of sp³-hybridized carbons (Fsp3) is 0.381. The molecular weight excluding hydrogens is 348 g/mol. The second-order valence-corrected chi connectivity index (χ2v) is 6.76. The third-order valence-electron chi connectivity index (χ3n) is 4.76. The summed E-state index contributed by atoms with van der Waals surface area (Å²) in [6.45, 7) is 1.27. The van der Waals surface area contributed by atoms with Crippen LogP contribution in [0.15, 0.2) is 48.5 Å². The molecule has 0 atom stereocenters. The molecule has 1 fully saturated rings. The van der Waals surface area contributed by atoms with Crippen LogP contribution < -0.4 is 15.8 Å². The Morgan fingerprint density at radius 3 is 2.31 bits per heavy atom. The summed E-state index contributed by atoms with van der Waals surface area (Å²) >= 11 is 0. The Bertz CT molecular complexity index is 680. The molecule has 1 saturated carbocycles. The zero-order valence-corrected chi connectivity index (χ0v) is 15.8. The van der Waals surface area contributed by atoms with E-state index in [-0.39, 0.29) is 18.3 Å². The van der Waals surface area contributed by atoms with E-state index in [1.165, 1.54) is 32.1 Å². The largest absolute Gasteiger partial charge is 0.493 e. The highest BCUT2D eigenvalue weighted by atomic mass is 35.5. The molecule has 3 N–H and O–H groups in total. The molecule has 0 spiro atoms. The zero-order valence-electron chi connectivity index (χ0n) is 14.9. The van der Waals surface area contributed by atoms with Crippen molar-refractivity contribution in [3.05, 3.63) is 59.7 Å². The summed E-state index contributed by atoms with van der Waals surface area (Å²) in [6.07, 6.45) is 6.54. The SMILES string of the molecule is Cl.Nc1ccc(CNC(=O)c2ccc(OCC3CCCCC3)cc2)cc1. The smallest absolute Gasteiger partial charge is 0.251 e. The molecule has 140 valence electrons. The van der Waals surface area contributed by atoms with Gasteiger partial charge in [-0.2, -0.15) is 0 Å². The van der Waals surface area contributed by atoms with Gasteiger partial charge in [-0.25, -0.2) is 0 Å². The molecule has 1 aliphatic carbocycles. The Morgan fingerprint density at radius 2 is 1.65 bits per heavy atom. The molecule has 1 aliphatic rings. The summed E-state index contributed by atoms with van der Waals surface area (Å²) in [7, 11) is 0. The van der Waals surface area contributed by atoms with Gasteiger partial charge in [-0.15, -0.1) is 12.4 Å². The number of anilines is 1. The molecule has 0 saturated heterocycles. The molecule has 2 aromatic carbocycles. The van der Waals surface area contributed by atoms with E-state index in [0.717, 1.165) is 23.6 Å². The molecule has 4 nitrogen and oxygen atoms in total. The first kappa shape index (κ1) is 20.1. The van der Waals surface area contributed by atoms with Crippen molar-refractivity contribution in [2.24, 2.45) is 5.92 Å². The summed E-state index contributed by atoms with van der Waals surface area (Å²) in [6, 6.07) is 14.9. The maximum absolute atomic E-state index is 12.2. The van der Waals surface area contributed by atoms with E-state index in [9.17, 15) is 4.79 Å². The Kier molecular flexibility index (Phi) is 7.79. The Balaban J connectivity index is 0.00000243. The Labute approximate surface area is 161 Å². The lowest BCUT2D eigenvalue weighted by Gasteiger charge is -2.21. The Morgan fingerprint density at radius 1 is 1.00 bits per heavy atom. The quantitative estimate of drug-likeness (QED) is 0.727. The monoisotopic (exact) mass is 374 g/mol. The fourth-order valence-electron chi connectivity index (χ4n) is 3.19. The van der Waals surface area contributed by atoms with Crippen LogP contribution in [0.4, 0.5) is 5.69 Å². The maximum Gasteiger partial charge on any atom is 0.251 e. The molecule has 0 radical (unpaired) electrons. The number of rotatable bonds is 6. The van der Waals surface area contributed by atoms with E-state index in [0.29, 0.717) is 18.0 Å². The van der Waals surface area contributed by atoms with Crippen molar-refractivity contribution in [2.45, 2.75) is 38.6 Å². The maximum atomic E-state index is 12.2. The lowest BCUT2D eigenvalue weighted by Crippen LogP contribution is -2.22. The van der Waals surface area contributed by atoms with Gasteiger partial charge in [-0.05, 0) is 60.7 Å². The number of carbonyl (C=O) groups excluding carboxylic acids is 1. The van der Waals surface area contributed by atoms with Crippen molar-refractivity contribution in [1.29, 1.82) is 0 Å². The van der Waals surface area contributed by atoms with Gasteiger partial charge in [0.25, 0.3) is 5.91 Å². The number of nitrogen functional groups attached to an aromatic ring is 1. The fourth-order valence-corrected chi connectivity index (χ4v) is 3.19. The first-order chi connectivity index (χ1) is 12.2. The van der Waals surface area contributed by atoms with Crippen LogP contribution in [-0.2, 0) is 6.54 Å². The van der Waals surface area contributed by atoms with Crippen molar-refractivity contribution < 1.29 is 9.53 Å². The second kappa shape index (κ2) is 10.1. The van der Waals surface area contributed by atoms with Crippen LogP contribution >= 0.6 is 12.4 Å². The van der Waals surface area contributed by atoms with E-state index in [1.807, 2.05) is 48.5 Å². The summed E-state index contributed by atoms with van der Waals surface area (Å²) in [5.41, 5.74) is 8.04. The highest BCUT2D eigenvalue weighted by molar-refractivity contribution is 5.94. The highest BCUT2D eigenvalue weighted by Crippen LogP contribution is 2.24. The van der Waals surface area contributed by atoms with Gasteiger partial charge in [0.05, 0.1) is 6.61 Å². The Hall–Kier alpha value is -2.20. The van der Waals surface area contributed by atoms with Gasteiger partial charge in [0.2, 0.25) is 0 Å². The summed E-state index contributed by atoms with van der Waals surface area (Å²) in [4.78, 5) is 12.2. The van der Waals surface area contributed by atoms with Gasteiger partial charge in [-0.1, -0.05) is 31.4 Å². The first-order valence-electron chi connectivity index (χ1n) is 9.06. The number of hydrogen-bond acceptors (Lipinski definition) is 3. The van der Waals surface area contributed by atoms with Crippen LogP contribution in [0.1, 0.15) is 48.0 Å². The zero-order chi connectivity index (χ0) is 17.5. The van der Waals surface area contributed by atoms with Crippen molar-refractivity contribution in [2.75, 3.05) is 12.3 Å². The van der Waals surface area contributed by atoms with Gasteiger partial charge in [0.1, 0.15) is 5.75 Å². The van der Waals surface area contributed by atoms with Crippen molar-refractivity contribution in [1.82, 2.24) is 5.32 Å². The molecule has 3 rings (SSSR count). The number of nitrogens with two attached hydrogens (primary N) is 1. The standard InChI is InChI=1S/C21H26N2O2.ClH/c22-19-10-6-16(7-11-19)14-23-21(24)18-8-12-20(13-9-18)25-15-17-4-2-1-3-5-17;/h6-13,17H,1-5,14-15,22H2,(H,23,24);1H. The number of halogens is 1. The van der Waals surface area contributed by atoms with Gasteiger partial charge >= 0.3 is 0 Å². The lowest BCUT2D eigenvalue weighted by atomic mass is 9.90. The number of benzene rings is 2. The first-order valence-corrected chi connectivity index (χ1v) is 9.06. The predicted octanol–water partition coefficient (Wildman–Crippen LogP) is 4.58. The third-order valence-corrected chi connectivity index (χ3v) is 4.76. The topological polar surface area (TPSA) is 64.3 Å². The average molecular weight is 375 g/mol. The molecule has 0 aromatic heterocycles. The van der Waals surface area contributed by atoms with Gasteiger partial charge in [0.15, 0.2) is 0 Å². The van der Waals surface area contributed by atoms with Crippen LogP contribution in [0.25, 0.3) is 0 Å². The number of ether oxygens (including phenoxy) is 1. The third kappa shape index (κ3) is 5.95. The highest BCUT2D eigenvalue weighted by Gasteiger charge is 2.14. The number of hydrogen-bond donors (Lipinski definition) is 2. The number of amides is 1. The van der Waals surface area contributed by atoms with E-state index in [1.54, 1.807) is 0 Å². The van der Waals surface area contributed by atoms with Crippen molar-refractivity contribution in [3.63, 3.8) is 0 Å². The summed E-state index contributed by atoms with van der Waals surface area (Å²) < 4.78 is 5.88.